The maximum absolute atomic E-state index is 13.1. The van der Waals surface area contributed by atoms with Crippen molar-refractivity contribution < 1.29 is 27.8 Å². The summed E-state index contributed by atoms with van der Waals surface area (Å²) >= 11 is 0. The molecule has 0 radical (unpaired) electrons. The summed E-state index contributed by atoms with van der Waals surface area (Å²) in [6.45, 7) is 2.46. The lowest BCUT2D eigenvalue weighted by Gasteiger charge is -2.07. The number of esters is 2. The lowest BCUT2D eigenvalue weighted by atomic mass is 10.0. The molecule has 33 heavy (non-hydrogen) atoms. The van der Waals surface area contributed by atoms with Gasteiger partial charge in [-0.2, -0.15) is 0 Å². The summed E-state index contributed by atoms with van der Waals surface area (Å²) in [6, 6.07) is 3.30. The van der Waals surface area contributed by atoms with Crippen molar-refractivity contribution >= 4 is 11.9 Å². The molecule has 0 spiro atoms. The zero-order valence-corrected chi connectivity index (χ0v) is 20.3. The highest BCUT2D eigenvalue weighted by molar-refractivity contribution is 5.77. The van der Waals surface area contributed by atoms with E-state index in [1.807, 2.05) is 0 Å². The predicted molar refractivity (Wildman–Crippen MR) is 127 cm³/mol. The van der Waals surface area contributed by atoms with Gasteiger partial charge in [-0.05, 0) is 24.1 Å². The molecule has 1 aromatic carbocycles. The molecule has 1 aromatic rings. The second-order valence-electron chi connectivity index (χ2n) is 8.73. The van der Waals surface area contributed by atoms with Crippen molar-refractivity contribution in [2.75, 3.05) is 6.61 Å². The molecule has 0 saturated heterocycles. The van der Waals surface area contributed by atoms with Gasteiger partial charge in [0.05, 0.1) is 19.4 Å². The molecule has 0 atom stereocenters. The Morgan fingerprint density at radius 2 is 1.15 bits per heavy atom. The molecule has 0 heterocycles. The SMILES string of the molecule is CCCCCCCCCCCCCCCCOC(=O)CCC(=O)OCc1ccc(F)c(F)c1. The number of halogens is 2. The highest BCUT2D eigenvalue weighted by Crippen LogP contribution is 2.13. The Balaban J connectivity index is 1.88. The minimum absolute atomic E-state index is 0.0464. The van der Waals surface area contributed by atoms with Crippen LogP contribution in [0, 0.1) is 11.6 Å². The Morgan fingerprint density at radius 3 is 1.67 bits per heavy atom. The van der Waals surface area contributed by atoms with E-state index in [0.29, 0.717) is 12.2 Å². The molecule has 4 nitrogen and oxygen atoms in total. The number of hydrogen-bond acceptors (Lipinski definition) is 4. The average Bonchev–Trinajstić information content (AvgIpc) is 2.81. The van der Waals surface area contributed by atoms with Gasteiger partial charge in [-0.15, -0.1) is 0 Å². The second-order valence-corrected chi connectivity index (χ2v) is 8.73. The first-order valence-electron chi connectivity index (χ1n) is 12.8. The standard InChI is InChI=1S/C27H42F2O4/c1-2-3-4-5-6-7-8-9-10-11-12-13-14-15-20-32-26(30)18-19-27(31)33-22-23-16-17-24(28)25(29)21-23/h16-17,21H,2-15,18-20,22H2,1H3. The lowest BCUT2D eigenvalue weighted by Crippen LogP contribution is -2.11. The number of carbonyl (C=O) groups is 2. The van der Waals surface area contributed by atoms with Gasteiger partial charge < -0.3 is 9.47 Å². The first-order valence-corrected chi connectivity index (χ1v) is 12.8. The van der Waals surface area contributed by atoms with Crippen molar-refractivity contribution in [3.63, 3.8) is 0 Å². The monoisotopic (exact) mass is 468 g/mol. The number of benzene rings is 1. The average molecular weight is 469 g/mol. The molecular weight excluding hydrogens is 426 g/mol. The number of rotatable bonds is 20. The summed E-state index contributed by atoms with van der Waals surface area (Å²) in [7, 11) is 0. The number of unbranched alkanes of at least 4 members (excludes halogenated alkanes) is 13. The fourth-order valence-corrected chi connectivity index (χ4v) is 3.62. The van der Waals surface area contributed by atoms with Crippen LogP contribution >= 0.6 is 0 Å². The third-order valence-electron chi connectivity index (χ3n) is 5.68. The molecule has 0 unspecified atom stereocenters. The van der Waals surface area contributed by atoms with E-state index < -0.39 is 23.6 Å². The number of ether oxygens (including phenoxy) is 2. The van der Waals surface area contributed by atoms with E-state index in [0.717, 1.165) is 31.4 Å². The molecule has 0 bridgehead atoms. The van der Waals surface area contributed by atoms with E-state index in [9.17, 15) is 18.4 Å². The van der Waals surface area contributed by atoms with Crippen LogP contribution in [0.25, 0.3) is 0 Å². The maximum Gasteiger partial charge on any atom is 0.306 e. The largest absolute Gasteiger partial charge is 0.466 e. The Bertz CT molecular complexity index is 664. The Hall–Kier alpha value is -1.98. The van der Waals surface area contributed by atoms with Crippen LogP contribution in [0.3, 0.4) is 0 Å². The molecule has 1 rings (SSSR count). The minimum Gasteiger partial charge on any atom is -0.466 e. The van der Waals surface area contributed by atoms with Gasteiger partial charge in [-0.1, -0.05) is 96.5 Å². The van der Waals surface area contributed by atoms with Crippen molar-refractivity contribution in [2.45, 2.75) is 116 Å². The summed E-state index contributed by atoms with van der Waals surface area (Å²) in [6.07, 6.45) is 17.7. The molecule has 0 N–H and O–H groups in total. The highest BCUT2D eigenvalue weighted by Gasteiger charge is 2.10. The van der Waals surface area contributed by atoms with Crippen LogP contribution in [-0.4, -0.2) is 18.5 Å². The predicted octanol–water partition coefficient (Wildman–Crippen LogP) is 7.81. The zero-order valence-electron chi connectivity index (χ0n) is 20.3. The zero-order chi connectivity index (χ0) is 24.2. The minimum atomic E-state index is -0.990. The van der Waals surface area contributed by atoms with E-state index >= 15 is 0 Å². The van der Waals surface area contributed by atoms with Crippen LogP contribution in [0.2, 0.25) is 0 Å². The molecular formula is C27H42F2O4. The molecule has 6 heteroatoms. The van der Waals surface area contributed by atoms with Crippen molar-refractivity contribution in [3.05, 3.63) is 35.4 Å². The van der Waals surface area contributed by atoms with Gasteiger partial charge in [-0.25, -0.2) is 8.78 Å². The Labute approximate surface area is 198 Å². The van der Waals surface area contributed by atoms with Crippen molar-refractivity contribution in [2.24, 2.45) is 0 Å². The smallest absolute Gasteiger partial charge is 0.306 e. The van der Waals surface area contributed by atoms with Gasteiger partial charge >= 0.3 is 11.9 Å². The fraction of sp³-hybridized carbons (Fsp3) is 0.704. The molecule has 0 aliphatic rings. The summed E-state index contributed by atoms with van der Waals surface area (Å²) < 4.78 is 36.1. The van der Waals surface area contributed by atoms with Crippen molar-refractivity contribution in [1.29, 1.82) is 0 Å². The quantitative estimate of drug-likeness (QED) is 0.145. The van der Waals surface area contributed by atoms with E-state index in [2.05, 4.69) is 6.92 Å². The molecule has 0 aliphatic heterocycles. The molecule has 188 valence electrons. The van der Waals surface area contributed by atoms with Crippen molar-refractivity contribution in [3.8, 4) is 0 Å². The molecule has 0 aromatic heterocycles. The lowest BCUT2D eigenvalue weighted by molar-refractivity contribution is -0.151. The van der Waals surface area contributed by atoms with Crippen LogP contribution in [0.5, 0.6) is 0 Å². The highest BCUT2D eigenvalue weighted by atomic mass is 19.2. The van der Waals surface area contributed by atoms with Crippen LogP contribution in [-0.2, 0) is 25.7 Å². The van der Waals surface area contributed by atoms with E-state index in [1.54, 1.807) is 0 Å². The summed E-state index contributed by atoms with van der Waals surface area (Å²) in [5.74, 6) is -2.94. The summed E-state index contributed by atoms with van der Waals surface area (Å²) in [5.41, 5.74) is 0.350. The van der Waals surface area contributed by atoms with E-state index in [4.69, 9.17) is 9.47 Å². The third-order valence-corrected chi connectivity index (χ3v) is 5.68. The topological polar surface area (TPSA) is 52.6 Å². The van der Waals surface area contributed by atoms with Gasteiger partial charge in [0.2, 0.25) is 0 Å². The van der Waals surface area contributed by atoms with E-state index in [-0.39, 0.29) is 19.4 Å². The molecule has 0 fully saturated rings. The normalized spacial score (nSPS) is 10.9. The van der Waals surface area contributed by atoms with Crippen molar-refractivity contribution in [1.82, 2.24) is 0 Å². The Morgan fingerprint density at radius 1 is 0.667 bits per heavy atom. The van der Waals surface area contributed by atoms with Gasteiger partial charge in [0.15, 0.2) is 11.6 Å². The van der Waals surface area contributed by atoms with Crippen LogP contribution in [0.1, 0.15) is 115 Å². The second kappa shape index (κ2) is 19.5. The maximum atomic E-state index is 13.1. The van der Waals surface area contributed by atoms with Crippen LogP contribution in [0.15, 0.2) is 18.2 Å². The van der Waals surface area contributed by atoms with Gasteiger partial charge in [0, 0.05) is 0 Å². The first-order chi connectivity index (χ1) is 16.0. The molecule has 0 aliphatic carbocycles. The van der Waals surface area contributed by atoms with Gasteiger partial charge in [0.25, 0.3) is 0 Å². The molecule has 0 saturated carbocycles. The number of hydrogen-bond donors (Lipinski definition) is 0. The first kappa shape index (κ1) is 29.1. The Kier molecular flexibility index (Phi) is 17.2. The summed E-state index contributed by atoms with van der Waals surface area (Å²) in [5, 5.41) is 0. The molecule has 0 amide bonds. The van der Waals surface area contributed by atoms with Crippen LogP contribution in [0.4, 0.5) is 8.78 Å². The fourth-order valence-electron chi connectivity index (χ4n) is 3.62. The van der Waals surface area contributed by atoms with Gasteiger partial charge in [-0.3, -0.25) is 9.59 Å². The number of carbonyl (C=O) groups excluding carboxylic acids is 2. The van der Waals surface area contributed by atoms with Crippen LogP contribution < -0.4 is 0 Å². The van der Waals surface area contributed by atoms with E-state index in [1.165, 1.54) is 76.7 Å². The summed E-state index contributed by atoms with van der Waals surface area (Å²) in [4.78, 5) is 23.4. The van der Waals surface area contributed by atoms with Gasteiger partial charge in [0.1, 0.15) is 6.61 Å². The third kappa shape index (κ3) is 16.3.